The average molecular weight is 446 g/mol. The number of hydrogen-bond donors (Lipinski definition) is 3. The van der Waals surface area contributed by atoms with Crippen molar-refractivity contribution >= 4 is 33.4 Å². The van der Waals surface area contributed by atoms with E-state index in [9.17, 15) is 14.7 Å². The number of halogens is 1. The second kappa shape index (κ2) is 8.75. The van der Waals surface area contributed by atoms with Crippen LogP contribution in [0, 0.1) is 12.8 Å². The Morgan fingerprint density at radius 1 is 1.29 bits per heavy atom. The van der Waals surface area contributed by atoms with Crippen LogP contribution < -0.4 is 11.1 Å². The Balaban J connectivity index is 1.63. The van der Waals surface area contributed by atoms with E-state index in [-0.39, 0.29) is 29.0 Å². The molecule has 2 amide bonds. The summed E-state index contributed by atoms with van der Waals surface area (Å²) in [5.74, 6) is -0.744. The van der Waals surface area contributed by atoms with Gasteiger partial charge in [0.1, 0.15) is 5.75 Å². The molecule has 1 aliphatic rings. The van der Waals surface area contributed by atoms with Crippen LogP contribution in [0.3, 0.4) is 0 Å². The molecule has 0 bridgehead atoms. The zero-order valence-corrected chi connectivity index (χ0v) is 17.3. The minimum Gasteiger partial charge on any atom is -0.506 e. The molecule has 1 heterocycles. The number of amides is 2. The van der Waals surface area contributed by atoms with Gasteiger partial charge >= 0.3 is 0 Å². The lowest BCUT2D eigenvalue weighted by Gasteiger charge is -2.31. The molecule has 2 aromatic carbocycles. The molecule has 1 aliphatic heterocycles. The number of likely N-dealkylation sites (tertiary alicyclic amines) is 1. The molecule has 28 heavy (non-hydrogen) atoms. The minimum absolute atomic E-state index is 0.0752. The van der Waals surface area contributed by atoms with Crippen molar-refractivity contribution in [3.63, 3.8) is 0 Å². The number of primary amides is 1. The fourth-order valence-corrected chi connectivity index (χ4v) is 4.06. The molecule has 0 aromatic heterocycles. The Hall–Kier alpha value is -2.38. The van der Waals surface area contributed by atoms with E-state index < -0.39 is 0 Å². The summed E-state index contributed by atoms with van der Waals surface area (Å²) in [6.07, 6.45) is 1.83. The minimum atomic E-state index is -0.366. The smallest absolute Gasteiger partial charge is 0.259 e. The number of phenolic OH excluding ortho intramolecular Hbond substituents is 1. The Morgan fingerprint density at radius 2 is 2.00 bits per heavy atom. The first-order chi connectivity index (χ1) is 13.3. The highest BCUT2D eigenvalue weighted by Crippen LogP contribution is 2.30. The van der Waals surface area contributed by atoms with Gasteiger partial charge in [0.05, 0.1) is 16.0 Å². The molecule has 0 spiro atoms. The highest BCUT2D eigenvalue weighted by atomic mass is 79.9. The number of carbonyl (C=O) groups excluding carboxylic acids is 2. The first-order valence-corrected chi connectivity index (χ1v) is 10.0. The summed E-state index contributed by atoms with van der Waals surface area (Å²) in [4.78, 5) is 26.1. The molecular weight excluding hydrogens is 422 g/mol. The van der Waals surface area contributed by atoms with Gasteiger partial charge in [-0.1, -0.05) is 12.1 Å². The van der Waals surface area contributed by atoms with Gasteiger partial charge in [-0.25, -0.2) is 0 Å². The molecular formula is C21H24BrN3O3. The molecule has 4 N–H and O–H groups in total. The summed E-state index contributed by atoms with van der Waals surface area (Å²) in [7, 11) is 0. The number of piperidine rings is 1. The maximum atomic E-state index is 12.5. The second-order valence-corrected chi connectivity index (χ2v) is 8.12. The van der Waals surface area contributed by atoms with E-state index in [0.717, 1.165) is 37.1 Å². The highest BCUT2D eigenvalue weighted by molar-refractivity contribution is 9.10. The number of aryl methyl sites for hydroxylation is 1. The molecule has 6 nitrogen and oxygen atoms in total. The van der Waals surface area contributed by atoms with Crippen LogP contribution in [0.4, 0.5) is 5.69 Å². The lowest BCUT2D eigenvalue weighted by Crippen LogP contribution is -2.40. The van der Waals surface area contributed by atoms with Crippen LogP contribution in [-0.2, 0) is 11.3 Å². The van der Waals surface area contributed by atoms with Crippen molar-refractivity contribution in [2.45, 2.75) is 26.3 Å². The zero-order chi connectivity index (χ0) is 20.3. The van der Waals surface area contributed by atoms with Crippen molar-refractivity contribution in [2.24, 2.45) is 11.7 Å². The zero-order valence-electron chi connectivity index (χ0n) is 15.7. The number of carbonyl (C=O) groups is 2. The van der Waals surface area contributed by atoms with E-state index in [0.29, 0.717) is 16.7 Å². The number of nitrogens with two attached hydrogens (primary N) is 1. The third-order valence-electron chi connectivity index (χ3n) is 4.98. The summed E-state index contributed by atoms with van der Waals surface area (Å²) < 4.78 is 0.490. The molecule has 1 atom stereocenters. The normalized spacial score (nSPS) is 17.3. The lowest BCUT2D eigenvalue weighted by atomic mass is 9.97. The SMILES string of the molecule is Cc1cc(Br)c(O)c(C(=O)Nc2ccc(CN3CCCC(C(N)=O)C3)cc2)c1. The van der Waals surface area contributed by atoms with Gasteiger partial charge < -0.3 is 16.2 Å². The number of anilines is 1. The van der Waals surface area contributed by atoms with Gasteiger partial charge in [0.15, 0.2) is 0 Å². The van der Waals surface area contributed by atoms with Crippen molar-refractivity contribution in [1.82, 2.24) is 4.90 Å². The van der Waals surface area contributed by atoms with Crippen LogP contribution in [0.5, 0.6) is 5.75 Å². The van der Waals surface area contributed by atoms with E-state index >= 15 is 0 Å². The number of nitrogens with one attached hydrogen (secondary N) is 1. The molecule has 1 saturated heterocycles. The Morgan fingerprint density at radius 3 is 2.68 bits per heavy atom. The molecule has 1 unspecified atom stereocenters. The summed E-state index contributed by atoms with van der Waals surface area (Å²) in [6, 6.07) is 11.0. The third-order valence-corrected chi connectivity index (χ3v) is 5.58. The largest absolute Gasteiger partial charge is 0.506 e. The molecule has 0 aliphatic carbocycles. The van der Waals surface area contributed by atoms with Crippen LogP contribution in [0.1, 0.15) is 34.3 Å². The van der Waals surface area contributed by atoms with Gasteiger partial charge in [0, 0.05) is 18.8 Å². The topological polar surface area (TPSA) is 95.7 Å². The Kier molecular flexibility index (Phi) is 6.36. The van der Waals surface area contributed by atoms with Gasteiger partial charge in [-0.05, 0) is 77.6 Å². The lowest BCUT2D eigenvalue weighted by molar-refractivity contribution is -0.123. The van der Waals surface area contributed by atoms with Gasteiger partial charge in [-0.15, -0.1) is 0 Å². The third kappa shape index (κ3) is 4.91. The summed E-state index contributed by atoms with van der Waals surface area (Å²) in [6.45, 7) is 4.24. The fourth-order valence-electron chi connectivity index (χ4n) is 3.49. The number of benzene rings is 2. The predicted molar refractivity (Wildman–Crippen MR) is 112 cm³/mol. The first-order valence-electron chi connectivity index (χ1n) is 9.24. The van der Waals surface area contributed by atoms with Crippen molar-refractivity contribution in [1.29, 1.82) is 0 Å². The van der Waals surface area contributed by atoms with Crippen molar-refractivity contribution < 1.29 is 14.7 Å². The van der Waals surface area contributed by atoms with Crippen LogP contribution in [-0.4, -0.2) is 34.9 Å². The van der Waals surface area contributed by atoms with Crippen LogP contribution >= 0.6 is 15.9 Å². The predicted octanol–water partition coefficient (Wildman–Crippen LogP) is 3.41. The second-order valence-electron chi connectivity index (χ2n) is 7.27. The molecule has 0 saturated carbocycles. The molecule has 1 fully saturated rings. The summed E-state index contributed by atoms with van der Waals surface area (Å²) >= 11 is 3.26. The van der Waals surface area contributed by atoms with E-state index in [1.807, 2.05) is 31.2 Å². The van der Waals surface area contributed by atoms with Crippen LogP contribution in [0.25, 0.3) is 0 Å². The van der Waals surface area contributed by atoms with Gasteiger partial charge in [-0.2, -0.15) is 0 Å². The van der Waals surface area contributed by atoms with Crippen LogP contribution in [0.2, 0.25) is 0 Å². The molecule has 2 aromatic rings. The molecule has 148 valence electrons. The highest BCUT2D eigenvalue weighted by Gasteiger charge is 2.23. The Labute approximate surface area is 172 Å². The fraction of sp³-hybridized carbons (Fsp3) is 0.333. The number of aromatic hydroxyl groups is 1. The van der Waals surface area contributed by atoms with E-state index in [4.69, 9.17) is 5.73 Å². The standard InChI is InChI=1S/C21H24BrN3O3/c1-13-9-17(19(26)18(22)10-13)21(28)24-16-6-4-14(5-7-16)11-25-8-2-3-15(12-25)20(23)27/h4-7,9-10,15,26H,2-3,8,11-12H2,1H3,(H2,23,27)(H,24,28). The van der Waals surface area contributed by atoms with E-state index in [2.05, 4.69) is 26.1 Å². The number of nitrogens with zero attached hydrogens (tertiary/aromatic N) is 1. The molecule has 3 rings (SSSR count). The van der Waals surface area contributed by atoms with Gasteiger partial charge in [-0.3, -0.25) is 14.5 Å². The monoisotopic (exact) mass is 445 g/mol. The van der Waals surface area contributed by atoms with Gasteiger partial charge in [0.2, 0.25) is 5.91 Å². The summed E-state index contributed by atoms with van der Waals surface area (Å²) in [5.41, 5.74) is 8.29. The summed E-state index contributed by atoms with van der Waals surface area (Å²) in [5, 5.41) is 12.9. The quantitative estimate of drug-likeness (QED) is 0.656. The maximum absolute atomic E-state index is 12.5. The Bertz CT molecular complexity index is 883. The van der Waals surface area contributed by atoms with Crippen molar-refractivity contribution in [3.8, 4) is 5.75 Å². The van der Waals surface area contributed by atoms with Crippen molar-refractivity contribution in [3.05, 3.63) is 57.6 Å². The number of phenols is 1. The van der Waals surface area contributed by atoms with E-state index in [1.165, 1.54) is 0 Å². The maximum Gasteiger partial charge on any atom is 0.259 e. The molecule has 0 radical (unpaired) electrons. The van der Waals surface area contributed by atoms with Gasteiger partial charge in [0.25, 0.3) is 5.91 Å². The number of rotatable bonds is 5. The van der Waals surface area contributed by atoms with E-state index in [1.54, 1.807) is 12.1 Å². The van der Waals surface area contributed by atoms with Crippen LogP contribution in [0.15, 0.2) is 40.9 Å². The number of hydrogen-bond acceptors (Lipinski definition) is 4. The average Bonchev–Trinajstić information content (AvgIpc) is 2.66. The first kappa shape index (κ1) is 20.4. The van der Waals surface area contributed by atoms with Crippen molar-refractivity contribution in [2.75, 3.05) is 18.4 Å². The molecule has 7 heteroatoms.